The van der Waals surface area contributed by atoms with Crippen molar-refractivity contribution in [3.8, 4) is 0 Å². The van der Waals surface area contributed by atoms with Crippen molar-refractivity contribution < 1.29 is 14.0 Å². The molecule has 1 aliphatic heterocycles. The summed E-state index contributed by atoms with van der Waals surface area (Å²) in [7, 11) is 2.10. The number of anilines is 3. The molecule has 166 valence electrons. The zero-order chi connectivity index (χ0) is 22.7. The van der Waals surface area contributed by atoms with E-state index in [2.05, 4.69) is 27.5 Å². The van der Waals surface area contributed by atoms with E-state index in [1.807, 2.05) is 19.1 Å². The van der Waals surface area contributed by atoms with Gasteiger partial charge in [-0.3, -0.25) is 9.59 Å². The molecule has 0 radical (unpaired) electrons. The molecule has 4 rings (SSSR count). The van der Waals surface area contributed by atoms with Crippen LogP contribution in [0.15, 0.2) is 59.2 Å². The molecule has 3 aromatic rings. The number of furan rings is 1. The predicted octanol–water partition coefficient (Wildman–Crippen LogP) is 4.50. The van der Waals surface area contributed by atoms with Crippen LogP contribution >= 0.6 is 11.6 Å². The summed E-state index contributed by atoms with van der Waals surface area (Å²) in [6.45, 7) is 5.50. The number of aryl methyl sites for hydroxylation is 1. The smallest absolute Gasteiger partial charge is 0.291 e. The molecule has 0 atom stereocenters. The Bertz CT molecular complexity index is 1120. The minimum atomic E-state index is -0.372. The molecular weight excluding hydrogens is 428 g/mol. The lowest BCUT2D eigenvalue weighted by atomic mass is 10.1. The second kappa shape index (κ2) is 9.46. The van der Waals surface area contributed by atoms with Gasteiger partial charge in [-0.2, -0.15) is 0 Å². The monoisotopic (exact) mass is 452 g/mol. The number of halogens is 1. The maximum atomic E-state index is 13.1. The molecule has 0 unspecified atom stereocenters. The lowest BCUT2D eigenvalue weighted by molar-refractivity contribution is 0.0993. The van der Waals surface area contributed by atoms with Gasteiger partial charge in [-0.05, 0) is 62.0 Å². The maximum absolute atomic E-state index is 13.1. The van der Waals surface area contributed by atoms with E-state index in [1.54, 1.807) is 36.4 Å². The van der Waals surface area contributed by atoms with Crippen molar-refractivity contribution in [2.45, 2.75) is 6.92 Å². The Kier molecular flexibility index (Phi) is 6.48. The molecule has 1 aliphatic rings. The lowest BCUT2D eigenvalue weighted by Gasteiger charge is -2.35. The van der Waals surface area contributed by atoms with Gasteiger partial charge in [-0.15, -0.1) is 0 Å². The van der Waals surface area contributed by atoms with Crippen LogP contribution in [-0.4, -0.2) is 49.9 Å². The molecule has 1 saturated heterocycles. The van der Waals surface area contributed by atoms with Gasteiger partial charge in [0.25, 0.3) is 11.8 Å². The zero-order valence-electron chi connectivity index (χ0n) is 18.0. The van der Waals surface area contributed by atoms with E-state index in [1.165, 1.54) is 6.26 Å². The highest BCUT2D eigenvalue weighted by Gasteiger charge is 2.19. The molecule has 2 amide bonds. The third-order valence-electron chi connectivity index (χ3n) is 5.54. The molecule has 32 heavy (non-hydrogen) atoms. The van der Waals surface area contributed by atoms with Crippen molar-refractivity contribution in [1.82, 2.24) is 4.90 Å². The molecule has 0 bridgehead atoms. The van der Waals surface area contributed by atoms with E-state index in [9.17, 15) is 9.59 Å². The first-order valence-electron chi connectivity index (χ1n) is 10.4. The fourth-order valence-corrected chi connectivity index (χ4v) is 3.79. The average Bonchev–Trinajstić information content (AvgIpc) is 3.31. The molecule has 2 N–H and O–H groups in total. The lowest BCUT2D eigenvalue weighted by Crippen LogP contribution is -2.44. The summed E-state index contributed by atoms with van der Waals surface area (Å²) in [5, 5.41) is 6.34. The number of hydrogen-bond acceptors (Lipinski definition) is 5. The topological polar surface area (TPSA) is 77.8 Å². The second-order valence-electron chi connectivity index (χ2n) is 7.87. The van der Waals surface area contributed by atoms with Gasteiger partial charge in [-0.1, -0.05) is 17.7 Å². The molecule has 0 spiro atoms. The van der Waals surface area contributed by atoms with E-state index in [0.717, 1.165) is 37.4 Å². The van der Waals surface area contributed by atoms with Crippen molar-refractivity contribution in [3.63, 3.8) is 0 Å². The Morgan fingerprint density at radius 3 is 2.41 bits per heavy atom. The quantitative estimate of drug-likeness (QED) is 0.596. The number of benzene rings is 2. The molecule has 8 heteroatoms. The number of likely N-dealkylation sites (N-methyl/N-ethyl adjacent to an activating group) is 1. The number of nitrogens with zero attached hydrogens (tertiary/aromatic N) is 2. The summed E-state index contributed by atoms with van der Waals surface area (Å²) in [5.74, 6) is -0.450. The van der Waals surface area contributed by atoms with Crippen molar-refractivity contribution in [1.29, 1.82) is 0 Å². The Morgan fingerprint density at radius 1 is 0.938 bits per heavy atom. The first-order valence-corrected chi connectivity index (χ1v) is 10.8. The van der Waals surface area contributed by atoms with E-state index < -0.39 is 0 Å². The van der Waals surface area contributed by atoms with Gasteiger partial charge in [-0.25, -0.2) is 0 Å². The van der Waals surface area contributed by atoms with Gasteiger partial charge in [0, 0.05) is 42.5 Å². The normalized spacial score (nSPS) is 14.3. The molecule has 0 aliphatic carbocycles. The molecule has 0 saturated carbocycles. The molecule has 2 heterocycles. The van der Waals surface area contributed by atoms with Gasteiger partial charge in [0.2, 0.25) is 0 Å². The van der Waals surface area contributed by atoms with Crippen LogP contribution in [-0.2, 0) is 0 Å². The standard InChI is InChI=1S/C24H25ClN4O3/c1-16-5-6-17(14-19(16)26-24(31)22-4-3-13-32-22)23(30)27-20-15-18(25)7-8-21(20)29-11-9-28(2)10-12-29/h3-8,13-15H,9-12H2,1-2H3,(H,26,31)(H,27,30). The van der Waals surface area contributed by atoms with Gasteiger partial charge in [0.1, 0.15) is 0 Å². The van der Waals surface area contributed by atoms with Crippen molar-refractivity contribution in [2.24, 2.45) is 0 Å². The molecule has 7 nitrogen and oxygen atoms in total. The predicted molar refractivity (Wildman–Crippen MR) is 127 cm³/mol. The van der Waals surface area contributed by atoms with Crippen LogP contribution in [0.5, 0.6) is 0 Å². The average molecular weight is 453 g/mol. The molecular formula is C24H25ClN4O3. The van der Waals surface area contributed by atoms with Crippen LogP contribution in [0.4, 0.5) is 17.1 Å². The highest BCUT2D eigenvalue weighted by molar-refractivity contribution is 6.31. The number of rotatable bonds is 5. The van der Waals surface area contributed by atoms with E-state index in [0.29, 0.717) is 22.0 Å². The van der Waals surface area contributed by atoms with Crippen molar-refractivity contribution >= 4 is 40.5 Å². The largest absolute Gasteiger partial charge is 0.459 e. The number of carbonyl (C=O) groups is 2. The fourth-order valence-electron chi connectivity index (χ4n) is 3.62. The van der Waals surface area contributed by atoms with E-state index >= 15 is 0 Å². The Morgan fingerprint density at radius 2 is 1.69 bits per heavy atom. The minimum Gasteiger partial charge on any atom is -0.459 e. The van der Waals surface area contributed by atoms with Crippen LogP contribution in [0.1, 0.15) is 26.5 Å². The van der Waals surface area contributed by atoms with Crippen LogP contribution in [0.2, 0.25) is 5.02 Å². The summed E-state index contributed by atoms with van der Waals surface area (Å²) in [6, 6.07) is 14.0. The highest BCUT2D eigenvalue weighted by atomic mass is 35.5. The number of nitrogens with one attached hydrogen (secondary N) is 2. The molecule has 1 aromatic heterocycles. The summed E-state index contributed by atoms with van der Waals surface area (Å²) >= 11 is 6.23. The van der Waals surface area contributed by atoms with Crippen LogP contribution in [0, 0.1) is 6.92 Å². The van der Waals surface area contributed by atoms with E-state index in [-0.39, 0.29) is 17.6 Å². The van der Waals surface area contributed by atoms with E-state index in [4.69, 9.17) is 16.0 Å². The number of piperazine rings is 1. The fraction of sp³-hybridized carbons (Fsp3) is 0.250. The number of hydrogen-bond donors (Lipinski definition) is 2. The SMILES string of the molecule is Cc1ccc(C(=O)Nc2cc(Cl)ccc2N2CCN(C)CC2)cc1NC(=O)c1ccco1. The van der Waals surface area contributed by atoms with Gasteiger partial charge >= 0.3 is 0 Å². The minimum absolute atomic E-state index is 0.204. The maximum Gasteiger partial charge on any atom is 0.291 e. The summed E-state index contributed by atoms with van der Waals surface area (Å²) in [4.78, 5) is 29.9. The second-order valence-corrected chi connectivity index (χ2v) is 8.30. The highest BCUT2D eigenvalue weighted by Crippen LogP contribution is 2.31. The zero-order valence-corrected chi connectivity index (χ0v) is 18.8. The third-order valence-corrected chi connectivity index (χ3v) is 5.78. The summed E-state index contributed by atoms with van der Waals surface area (Å²) in [6.07, 6.45) is 1.44. The van der Waals surface area contributed by atoms with Crippen LogP contribution in [0.25, 0.3) is 0 Å². The Balaban J connectivity index is 1.54. The Hall–Kier alpha value is -3.29. The van der Waals surface area contributed by atoms with Crippen molar-refractivity contribution in [3.05, 3.63) is 76.7 Å². The van der Waals surface area contributed by atoms with Gasteiger partial charge in [0.15, 0.2) is 5.76 Å². The van der Waals surface area contributed by atoms with Gasteiger partial charge in [0.05, 0.1) is 17.6 Å². The van der Waals surface area contributed by atoms with Gasteiger partial charge < -0.3 is 24.9 Å². The molecule has 2 aromatic carbocycles. The summed E-state index contributed by atoms with van der Waals surface area (Å²) < 4.78 is 5.14. The first kappa shape index (κ1) is 21.9. The molecule has 1 fully saturated rings. The van der Waals surface area contributed by atoms with Crippen LogP contribution in [0.3, 0.4) is 0 Å². The third kappa shape index (κ3) is 4.95. The van der Waals surface area contributed by atoms with Crippen molar-refractivity contribution in [2.75, 3.05) is 48.8 Å². The number of amides is 2. The van der Waals surface area contributed by atoms with Crippen LogP contribution < -0.4 is 15.5 Å². The first-order chi connectivity index (χ1) is 15.4. The Labute approximate surface area is 191 Å². The number of carbonyl (C=O) groups excluding carboxylic acids is 2. The summed E-state index contributed by atoms with van der Waals surface area (Å²) in [5.41, 5.74) is 3.41.